The molecule has 1 atom stereocenters. The molecule has 0 saturated heterocycles. The Morgan fingerprint density at radius 1 is 0.532 bits per heavy atom. The van der Waals surface area contributed by atoms with E-state index in [1.165, 1.54) is 71.6 Å². The molecule has 0 bridgehead atoms. The molecule has 0 unspecified atom stereocenters. The van der Waals surface area contributed by atoms with Crippen LogP contribution >= 0.6 is 0 Å². The van der Waals surface area contributed by atoms with Gasteiger partial charge < -0.3 is 24.7 Å². The van der Waals surface area contributed by atoms with Crippen LogP contribution in [0.25, 0.3) is 0 Å². The topological polar surface area (TPSA) is 153 Å². The molecule has 0 radical (unpaired) electrons. The highest BCUT2D eigenvalue weighted by molar-refractivity contribution is 5.89. The molecule has 0 rings (SSSR count). The highest BCUT2D eigenvalue weighted by atomic mass is 16.5. The van der Waals surface area contributed by atoms with Gasteiger partial charge in [0.15, 0.2) is 0 Å². The largest absolute Gasteiger partial charge is 0.481 e. The Kier molecular flexibility index (Phi) is 30.4. The van der Waals surface area contributed by atoms with Crippen LogP contribution in [0, 0.1) is 5.92 Å². The summed E-state index contributed by atoms with van der Waals surface area (Å²) in [6.45, 7) is 4.89. The quantitative estimate of drug-likeness (QED) is 0.0665. The second-order valence-electron chi connectivity index (χ2n) is 12.9. The van der Waals surface area contributed by atoms with Gasteiger partial charge in [0.2, 0.25) is 5.91 Å². The third-order valence-corrected chi connectivity index (χ3v) is 8.31. The van der Waals surface area contributed by atoms with Gasteiger partial charge in [0, 0.05) is 64.0 Å². The van der Waals surface area contributed by atoms with Crippen molar-refractivity contribution in [3.05, 3.63) is 0 Å². The minimum Gasteiger partial charge on any atom is -0.481 e. The summed E-state index contributed by atoms with van der Waals surface area (Å²) in [4.78, 5) is 69.5. The molecule has 0 heterocycles. The average molecular weight is 668 g/mol. The van der Waals surface area contributed by atoms with E-state index in [2.05, 4.69) is 5.32 Å². The summed E-state index contributed by atoms with van der Waals surface area (Å²) in [5.41, 5.74) is 0. The summed E-state index contributed by atoms with van der Waals surface area (Å²) in [6.07, 6.45) is 19.5. The van der Waals surface area contributed by atoms with Crippen LogP contribution in [-0.4, -0.2) is 73.1 Å². The number of Topliss-reactive ketones (excluding diaryl/α,β-unsaturated/α-hetero) is 4. The Balaban J connectivity index is 3.45. The number of carbonyl (C=O) groups is 6. The van der Waals surface area contributed by atoms with Crippen LogP contribution in [0.1, 0.15) is 162 Å². The van der Waals surface area contributed by atoms with Crippen LogP contribution < -0.4 is 5.32 Å². The van der Waals surface area contributed by atoms with Crippen molar-refractivity contribution >= 4 is 35.0 Å². The predicted octanol–water partition coefficient (Wildman–Crippen LogP) is 7.13. The number of hydrogen-bond acceptors (Lipinski definition) is 8. The number of carbonyl (C=O) groups excluding carboxylic acids is 5. The van der Waals surface area contributed by atoms with Crippen LogP contribution in [0.15, 0.2) is 0 Å². The molecule has 0 fully saturated rings. The molecule has 0 aromatic rings. The van der Waals surface area contributed by atoms with Crippen molar-refractivity contribution in [2.75, 3.05) is 33.0 Å². The number of carboxylic acid groups (broad SMARTS) is 1. The molecule has 0 spiro atoms. The van der Waals surface area contributed by atoms with E-state index in [1.807, 2.05) is 0 Å². The van der Waals surface area contributed by atoms with Crippen molar-refractivity contribution in [1.29, 1.82) is 0 Å². The van der Waals surface area contributed by atoms with E-state index in [0.29, 0.717) is 70.9 Å². The van der Waals surface area contributed by atoms with E-state index >= 15 is 0 Å². The standard InChI is InChI=1S/C37H65NO9/c1-31(39)21-22-33(32(2)40)30-35(42)23-24-36(43)38-25-27-47-29-28-46-26-17-19-34(41)18-15-13-11-9-7-5-3-4-6-8-10-12-14-16-20-37(44)45/h33H,3-30H2,1-2H3,(H,38,43)(H,44,45)/t33-/m1/s1. The Bertz CT molecular complexity index is 874. The summed E-state index contributed by atoms with van der Waals surface area (Å²) < 4.78 is 11.0. The summed E-state index contributed by atoms with van der Waals surface area (Å²) in [7, 11) is 0. The van der Waals surface area contributed by atoms with Gasteiger partial charge in [-0.05, 0) is 39.5 Å². The molecule has 0 aliphatic carbocycles. The smallest absolute Gasteiger partial charge is 0.303 e. The fraction of sp³-hybridized carbons (Fsp3) is 0.838. The van der Waals surface area contributed by atoms with Gasteiger partial charge in [-0.1, -0.05) is 77.0 Å². The summed E-state index contributed by atoms with van der Waals surface area (Å²) in [6, 6.07) is 0. The number of ether oxygens (including phenoxy) is 2. The van der Waals surface area contributed by atoms with Gasteiger partial charge in [-0.15, -0.1) is 0 Å². The lowest BCUT2D eigenvalue weighted by atomic mass is 9.91. The van der Waals surface area contributed by atoms with Gasteiger partial charge in [0.05, 0.1) is 19.8 Å². The second-order valence-corrected chi connectivity index (χ2v) is 12.9. The fourth-order valence-corrected chi connectivity index (χ4v) is 5.35. The first-order valence-electron chi connectivity index (χ1n) is 18.3. The molecule has 0 aromatic carbocycles. The van der Waals surface area contributed by atoms with E-state index in [0.717, 1.165) is 32.1 Å². The Labute approximate surface area is 283 Å². The van der Waals surface area contributed by atoms with Crippen LogP contribution in [-0.2, 0) is 38.2 Å². The molecular weight excluding hydrogens is 602 g/mol. The summed E-state index contributed by atoms with van der Waals surface area (Å²) in [5.74, 6) is -1.37. The molecule has 0 aromatic heterocycles. The maximum absolute atomic E-state index is 12.1. The molecule has 1 amide bonds. The van der Waals surface area contributed by atoms with Gasteiger partial charge in [-0.2, -0.15) is 0 Å². The van der Waals surface area contributed by atoms with E-state index < -0.39 is 11.9 Å². The van der Waals surface area contributed by atoms with Gasteiger partial charge in [-0.25, -0.2) is 0 Å². The van der Waals surface area contributed by atoms with E-state index in [9.17, 15) is 28.8 Å². The lowest BCUT2D eigenvalue weighted by molar-refractivity contribution is -0.137. The minimum absolute atomic E-state index is 0.0118. The van der Waals surface area contributed by atoms with Crippen LogP contribution in [0.2, 0.25) is 0 Å². The zero-order chi connectivity index (χ0) is 35.0. The number of hydrogen-bond donors (Lipinski definition) is 2. The maximum atomic E-state index is 12.1. The Morgan fingerprint density at radius 2 is 1.02 bits per heavy atom. The first kappa shape index (κ1) is 44.5. The molecule has 2 N–H and O–H groups in total. The normalized spacial score (nSPS) is 11.7. The number of carboxylic acids is 1. The lowest BCUT2D eigenvalue weighted by Gasteiger charge is -2.12. The third-order valence-electron chi connectivity index (χ3n) is 8.31. The first-order valence-corrected chi connectivity index (χ1v) is 18.3. The SMILES string of the molecule is CC(=O)CC[C@H](CC(=O)CCC(=O)NCCOCCOCCCC(=O)CCCCCCCCCCCCCCCCC(=O)O)C(C)=O. The monoisotopic (exact) mass is 667 g/mol. The van der Waals surface area contributed by atoms with Crippen molar-refractivity contribution in [1.82, 2.24) is 5.32 Å². The summed E-state index contributed by atoms with van der Waals surface area (Å²) in [5, 5.41) is 11.3. The van der Waals surface area contributed by atoms with Crippen LogP contribution in [0.5, 0.6) is 0 Å². The van der Waals surface area contributed by atoms with Crippen LogP contribution in [0.4, 0.5) is 0 Å². The number of rotatable bonds is 36. The van der Waals surface area contributed by atoms with Crippen molar-refractivity contribution in [3.63, 3.8) is 0 Å². The van der Waals surface area contributed by atoms with E-state index in [1.54, 1.807) is 0 Å². The van der Waals surface area contributed by atoms with Crippen molar-refractivity contribution in [2.24, 2.45) is 5.92 Å². The number of ketones is 4. The van der Waals surface area contributed by atoms with Crippen LogP contribution in [0.3, 0.4) is 0 Å². The van der Waals surface area contributed by atoms with E-state index in [-0.39, 0.29) is 48.9 Å². The predicted molar refractivity (Wildman–Crippen MR) is 183 cm³/mol. The van der Waals surface area contributed by atoms with E-state index in [4.69, 9.17) is 14.6 Å². The number of nitrogens with one attached hydrogen (secondary N) is 1. The molecule has 10 nitrogen and oxygen atoms in total. The fourth-order valence-electron chi connectivity index (χ4n) is 5.35. The molecule has 272 valence electrons. The average Bonchev–Trinajstić information content (AvgIpc) is 3.02. The van der Waals surface area contributed by atoms with Gasteiger partial charge in [0.1, 0.15) is 23.1 Å². The first-order chi connectivity index (χ1) is 22.6. The molecule has 10 heteroatoms. The van der Waals surface area contributed by atoms with Crippen molar-refractivity contribution in [3.8, 4) is 0 Å². The van der Waals surface area contributed by atoms with Gasteiger partial charge >= 0.3 is 5.97 Å². The second kappa shape index (κ2) is 32.1. The van der Waals surface area contributed by atoms with Gasteiger partial charge in [-0.3, -0.25) is 24.0 Å². The number of aliphatic carboxylic acids is 1. The Morgan fingerprint density at radius 3 is 1.53 bits per heavy atom. The molecule has 0 saturated carbocycles. The minimum atomic E-state index is -0.690. The lowest BCUT2D eigenvalue weighted by Crippen LogP contribution is -2.28. The molecule has 47 heavy (non-hydrogen) atoms. The zero-order valence-electron chi connectivity index (χ0n) is 29.6. The highest BCUT2D eigenvalue weighted by Gasteiger charge is 2.19. The van der Waals surface area contributed by atoms with Crippen molar-refractivity contribution < 1.29 is 43.3 Å². The van der Waals surface area contributed by atoms with Gasteiger partial charge in [0.25, 0.3) is 0 Å². The highest BCUT2D eigenvalue weighted by Crippen LogP contribution is 2.16. The third kappa shape index (κ3) is 33.2. The molecule has 0 aliphatic rings. The maximum Gasteiger partial charge on any atom is 0.303 e. The number of amides is 1. The Hall–Kier alpha value is -2.46. The zero-order valence-corrected chi connectivity index (χ0v) is 29.6. The molecule has 0 aliphatic heterocycles. The van der Waals surface area contributed by atoms with Crippen molar-refractivity contribution in [2.45, 2.75) is 162 Å². The molecular formula is C37H65NO9. The number of unbranched alkanes of at least 4 members (excludes halogenated alkanes) is 13. The summed E-state index contributed by atoms with van der Waals surface area (Å²) >= 11 is 0.